The Hall–Kier alpha value is -2.96. The van der Waals surface area contributed by atoms with Crippen LogP contribution in [0, 0.1) is 0 Å². The van der Waals surface area contributed by atoms with E-state index < -0.39 is 0 Å². The molecule has 0 spiro atoms. The van der Waals surface area contributed by atoms with E-state index in [4.69, 9.17) is 9.72 Å². The lowest BCUT2D eigenvalue weighted by atomic mass is 10.1. The predicted molar refractivity (Wildman–Crippen MR) is 130 cm³/mol. The number of thiazole rings is 1. The summed E-state index contributed by atoms with van der Waals surface area (Å²) in [5, 5.41) is 3.42. The van der Waals surface area contributed by atoms with E-state index in [2.05, 4.69) is 47.4 Å². The number of carbonyl (C=O) groups is 1. The minimum atomic E-state index is 0.146. The average Bonchev–Trinajstić information content (AvgIpc) is 3.45. The van der Waals surface area contributed by atoms with Crippen LogP contribution in [0.4, 0.5) is 0 Å². The minimum absolute atomic E-state index is 0.146. The van der Waals surface area contributed by atoms with Crippen LogP contribution in [-0.4, -0.2) is 47.9 Å². The predicted octanol–water partition coefficient (Wildman–Crippen LogP) is 5.25. The number of methoxy groups -OCH3 is 1. The Morgan fingerprint density at radius 3 is 2.81 bits per heavy atom. The molecule has 1 amide bonds. The fourth-order valence-corrected chi connectivity index (χ4v) is 5.62. The largest absolute Gasteiger partial charge is 0.497 e. The third-order valence-corrected chi connectivity index (χ3v) is 7.39. The standard InChI is InChI=1S/C26H27N3O2S/c1-28(16-18-9-10-20-15-21(31-2)12-11-19(20)14-18)25(30)17-29-13-5-7-23(29)26-27-22-6-3-4-8-24(22)32-26/h3-4,6,8-12,14-15,23H,5,7,13,16-17H2,1-2H3/t23-/m0/s1. The van der Waals surface area contributed by atoms with Crippen molar-refractivity contribution in [2.75, 3.05) is 27.2 Å². The van der Waals surface area contributed by atoms with Gasteiger partial charge >= 0.3 is 0 Å². The second-order valence-electron chi connectivity index (χ2n) is 8.45. The van der Waals surface area contributed by atoms with Gasteiger partial charge in [-0.1, -0.05) is 30.3 Å². The van der Waals surface area contributed by atoms with Crippen LogP contribution in [0.5, 0.6) is 5.75 Å². The summed E-state index contributed by atoms with van der Waals surface area (Å²) < 4.78 is 6.52. The summed E-state index contributed by atoms with van der Waals surface area (Å²) in [5.74, 6) is 0.999. The first-order chi connectivity index (χ1) is 15.6. The lowest BCUT2D eigenvalue weighted by molar-refractivity contribution is -0.131. The maximum atomic E-state index is 13.1. The molecule has 0 unspecified atom stereocenters. The highest BCUT2D eigenvalue weighted by molar-refractivity contribution is 7.18. The monoisotopic (exact) mass is 445 g/mol. The molecule has 0 bridgehead atoms. The van der Waals surface area contributed by atoms with Gasteiger partial charge in [0.15, 0.2) is 0 Å². The molecule has 4 aromatic rings. The number of carbonyl (C=O) groups excluding carboxylic acids is 1. The number of aromatic nitrogens is 1. The molecule has 1 fully saturated rings. The van der Waals surface area contributed by atoms with Gasteiger partial charge in [0.1, 0.15) is 10.8 Å². The average molecular weight is 446 g/mol. The number of ether oxygens (including phenoxy) is 1. The third kappa shape index (κ3) is 4.20. The van der Waals surface area contributed by atoms with E-state index in [0.29, 0.717) is 13.1 Å². The van der Waals surface area contributed by atoms with Gasteiger partial charge in [0.2, 0.25) is 5.91 Å². The molecule has 0 N–H and O–H groups in total. The van der Waals surface area contributed by atoms with E-state index in [1.165, 1.54) is 4.70 Å². The number of amides is 1. The summed E-state index contributed by atoms with van der Waals surface area (Å²) in [5.41, 5.74) is 2.18. The molecule has 0 saturated carbocycles. The lowest BCUT2D eigenvalue weighted by Crippen LogP contribution is -2.37. The molecular weight excluding hydrogens is 418 g/mol. The van der Waals surface area contributed by atoms with Gasteiger partial charge in [0.25, 0.3) is 0 Å². The van der Waals surface area contributed by atoms with Crippen molar-refractivity contribution in [1.82, 2.24) is 14.8 Å². The highest BCUT2D eigenvalue weighted by Crippen LogP contribution is 2.36. The van der Waals surface area contributed by atoms with Gasteiger partial charge in [-0.05, 0) is 66.1 Å². The SMILES string of the molecule is COc1ccc2cc(CN(C)C(=O)CN3CCC[C@H]3c3nc4ccccc4s3)ccc2c1. The van der Waals surface area contributed by atoms with E-state index in [-0.39, 0.29) is 11.9 Å². The number of rotatable bonds is 6. The van der Waals surface area contributed by atoms with Crippen LogP contribution in [0.15, 0.2) is 60.7 Å². The quantitative estimate of drug-likeness (QED) is 0.406. The first kappa shape index (κ1) is 20.9. The summed E-state index contributed by atoms with van der Waals surface area (Å²) in [4.78, 5) is 22.0. The Bertz CT molecular complexity index is 1240. The van der Waals surface area contributed by atoms with Crippen LogP contribution >= 0.6 is 11.3 Å². The van der Waals surface area contributed by atoms with Crippen molar-refractivity contribution in [3.63, 3.8) is 0 Å². The van der Waals surface area contributed by atoms with Crippen molar-refractivity contribution in [1.29, 1.82) is 0 Å². The second-order valence-corrected chi connectivity index (χ2v) is 9.51. The van der Waals surface area contributed by atoms with Crippen molar-refractivity contribution < 1.29 is 9.53 Å². The molecule has 5 rings (SSSR count). The number of likely N-dealkylation sites (tertiary alicyclic amines) is 1. The number of hydrogen-bond donors (Lipinski definition) is 0. The molecule has 32 heavy (non-hydrogen) atoms. The van der Waals surface area contributed by atoms with Crippen LogP contribution < -0.4 is 4.74 Å². The van der Waals surface area contributed by atoms with Crippen molar-refractivity contribution in [3.8, 4) is 5.75 Å². The highest BCUT2D eigenvalue weighted by atomic mass is 32.1. The fraction of sp³-hybridized carbons (Fsp3) is 0.308. The smallest absolute Gasteiger partial charge is 0.236 e. The van der Waals surface area contributed by atoms with E-state index in [1.807, 2.05) is 30.1 Å². The summed E-state index contributed by atoms with van der Waals surface area (Å²) in [6.07, 6.45) is 2.16. The molecule has 1 aliphatic rings. The second kappa shape index (κ2) is 8.88. The number of fused-ring (bicyclic) bond motifs is 2. The molecule has 3 aromatic carbocycles. The van der Waals surface area contributed by atoms with Crippen LogP contribution in [-0.2, 0) is 11.3 Å². The summed E-state index contributed by atoms with van der Waals surface area (Å²) in [6, 6.07) is 20.9. The molecule has 0 aliphatic carbocycles. The first-order valence-electron chi connectivity index (χ1n) is 11.0. The van der Waals surface area contributed by atoms with Crippen LogP contribution in [0.25, 0.3) is 21.0 Å². The number of nitrogens with zero attached hydrogens (tertiary/aromatic N) is 3. The molecule has 0 radical (unpaired) electrons. The zero-order chi connectivity index (χ0) is 22.1. The van der Waals surface area contributed by atoms with Gasteiger partial charge in [-0.3, -0.25) is 9.69 Å². The summed E-state index contributed by atoms with van der Waals surface area (Å²) >= 11 is 1.75. The first-order valence-corrected chi connectivity index (χ1v) is 11.8. The van der Waals surface area contributed by atoms with Crippen LogP contribution in [0.3, 0.4) is 0 Å². The molecule has 1 atom stereocenters. The van der Waals surface area contributed by atoms with Gasteiger partial charge in [-0.15, -0.1) is 11.3 Å². The highest BCUT2D eigenvalue weighted by Gasteiger charge is 2.30. The van der Waals surface area contributed by atoms with Crippen molar-refractivity contribution >= 4 is 38.2 Å². The zero-order valence-corrected chi connectivity index (χ0v) is 19.3. The van der Waals surface area contributed by atoms with Crippen LogP contribution in [0.2, 0.25) is 0 Å². The topological polar surface area (TPSA) is 45.7 Å². The van der Waals surface area contributed by atoms with Gasteiger partial charge in [0.05, 0.1) is 29.9 Å². The van der Waals surface area contributed by atoms with Gasteiger partial charge in [-0.25, -0.2) is 4.98 Å². The van der Waals surface area contributed by atoms with E-state index in [0.717, 1.165) is 52.0 Å². The molecule has 1 aliphatic heterocycles. The fourth-order valence-electron chi connectivity index (χ4n) is 4.48. The number of benzene rings is 3. The molecular formula is C26H27N3O2S. The number of likely N-dealkylation sites (N-methyl/N-ethyl adjacent to an activating group) is 1. The Labute approximate surface area is 192 Å². The maximum absolute atomic E-state index is 13.1. The normalized spacial score (nSPS) is 16.6. The van der Waals surface area contributed by atoms with E-state index >= 15 is 0 Å². The van der Waals surface area contributed by atoms with Crippen molar-refractivity contribution in [2.24, 2.45) is 0 Å². The zero-order valence-electron chi connectivity index (χ0n) is 18.5. The maximum Gasteiger partial charge on any atom is 0.236 e. The Kier molecular flexibility index (Phi) is 5.81. The lowest BCUT2D eigenvalue weighted by Gasteiger charge is -2.25. The van der Waals surface area contributed by atoms with Gasteiger partial charge in [-0.2, -0.15) is 0 Å². The summed E-state index contributed by atoms with van der Waals surface area (Å²) in [6.45, 7) is 1.97. The molecule has 164 valence electrons. The van der Waals surface area contributed by atoms with Gasteiger partial charge in [0, 0.05) is 13.6 Å². The summed E-state index contributed by atoms with van der Waals surface area (Å²) in [7, 11) is 3.57. The minimum Gasteiger partial charge on any atom is -0.497 e. The van der Waals surface area contributed by atoms with Crippen molar-refractivity contribution in [3.05, 3.63) is 71.2 Å². The Balaban J connectivity index is 1.26. The number of hydrogen-bond acceptors (Lipinski definition) is 5. The Morgan fingerprint density at radius 2 is 1.97 bits per heavy atom. The molecule has 5 nitrogen and oxygen atoms in total. The van der Waals surface area contributed by atoms with E-state index in [1.54, 1.807) is 18.4 Å². The molecule has 2 heterocycles. The molecule has 1 saturated heterocycles. The third-order valence-electron chi connectivity index (χ3n) is 6.25. The van der Waals surface area contributed by atoms with Crippen molar-refractivity contribution in [2.45, 2.75) is 25.4 Å². The van der Waals surface area contributed by atoms with Gasteiger partial charge < -0.3 is 9.64 Å². The van der Waals surface area contributed by atoms with E-state index in [9.17, 15) is 4.79 Å². The Morgan fingerprint density at radius 1 is 1.16 bits per heavy atom. The molecule has 6 heteroatoms. The van der Waals surface area contributed by atoms with Crippen LogP contribution in [0.1, 0.15) is 29.5 Å². The number of para-hydroxylation sites is 1. The molecule has 1 aromatic heterocycles.